The number of fused-ring (bicyclic) bond motifs is 1. The number of aryl methyl sites for hydroxylation is 1. The van der Waals surface area contributed by atoms with Crippen molar-refractivity contribution in [2.75, 3.05) is 19.5 Å². The van der Waals surface area contributed by atoms with Gasteiger partial charge in [0.2, 0.25) is 0 Å². The summed E-state index contributed by atoms with van der Waals surface area (Å²) >= 11 is 1.75. The minimum absolute atomic E-state index is 0.761. The molecule has 2 rings (SSSR count). The molecule has 16 heavy (non-hydrogen) atoms. The standard InChI is InChI=1S/C12H16N2OS/c1-3-14-11-7-5-4-6-10(11)13-12(14)16-9-8-15-2/h4-7H,3,8-9H2,1-2H3. The first-order valence-electron chi connectivity index (χ1n) is 5.43. The van der Waals surface area contributed by atoms with Gasteiger partial charge in [0.15, 0.2) is 5.16 Å². The molecule has 0 spiro atoms. The number of methoxy groups -OCH3 is 1. The fourth-order valence-electron chi connectivity index (χ4n) is 1.69. The minimum Gasteiger partial charge on any atom is -0.384 e. The summed E-state index contributed by atoms with van der Waals surface area (Å²) in [6, 6.07) is 8.26. The van der Waals surface area contributed by atoms with E-state index in [1.54, 1.807) is 18.9 Å². The number of imidazole rings is 1. The summed E-state index contributed by atoms with van der Waals surface area (Å²) in [5.74, 6) is 0.944. The molecule has 0 saturated heterocycles. The second-order valence-corrected chi connectivity index (χ2v) is 4.53. The van der Waals surface area contributed by atoms with Crippen molar-refractivity contribution in [1.82, 2.24) is 9.55 Å². The number of rotatable bonds is 5. The molecular weight excluding hydrogens is 220 g/mol. The molecule has 0 radical (unpaired) electrons. The Morgan fingerprint density at radius 3 is 2.94 bits per heavy atom. The molecule has 0 aliphatic rings. The predicted octanol–water partition coefficient (Wildman–Crippen LogP) is 2.79. The van der Waals surface area contributed by atoms with E-state index in [-0.39, 0.29) is 0 Å². The maximum atomic E-state index is 5.05. The first kappa shape index (κ1) is 11.5. The minimum atomic E-state index is 0.761. The number of thioether (sulfide) groups is 1. The molecule has 0 bridgehead atoms. The highest BCUT2D eigenvalue weighted by atomic mass is 32.2. The van der Waals surface area contributed by atoms with Gasteiger partial charge in [0.25, 0.3) is 0 Å². The van der Waals surface area contributed by atoms with E-state index in [2.05, 4.69) is 34.7 Å². The largest absolute Gasteiger partial charge is 0.384 e. The zero-order valence-electron chi connectivity index (χ0n) is 9.64. The Morgan fingerprint density at radius 1 is 1.38 bits per heavy atom. The zero-order chi connectivity index (χ0) is 11.4. The maximum Gasteiger partial charge on any atom is 0.169 e. The van der Waals surface area contributed by atoms with Gasteiger partial charge in [-0.15, -0.1) is 0 Å². The summed E-state index contributed by atoms with van der Waals surface area (Å²) in [6.07, 6.45) is 0. The molecule has 0 fully saturated rings. The third kappa shape index (κ3) is 2.23. The Kier molecular flexibility index (Phi) is 3.85. The normalized spacial score (nSPS) is 11.1. The van der Waals surface area contributed by atoms with Crippen molar-refractivity contribution in [2.24, 2.45) is 0 Å². The highest BCUT2D eigenvalue weighted by molar-refractivity contribution is 7.99. The van der Waals surface area contributed by atoms with Gasteiger partial charge >= 0.3 is 0 Å². The van der Waals surface area contributed by atoms with Gasteiger partial charge in [0.05, 0.1) is 17.6 Å². The molecule has 0 unspecified atom stereocenters. The number of hydrogen-bond donors (Lipinski definition) is 0. The quantitative estimate of drug-likeness (QED) is 0.590. The van der Waals surface area contributed by atoms with E-state index < -0.39 is 0 Å². The van der Waals surface area contributed by atoms with Crippen molar-refractivity contribution in [3.8, 4) is 0 Å². The SMILES string of the molecule is CCn1c(SCCOC)nc2ccccc21. The first-order chi connectivity index (χ1) is 7.86. The lowest BCUT2D eigenvalue weighted by Crippen LogP contribution is -1.98. The van der Waals surface area contributed by atoms with Crippen LogP contribution in [0.15, 0.2) is 29.4 Å². The predicted molar refractivity (Wildman–Crippen MR) is 68.0 cm³/mol. The second-order valence-electron chi connectivity index (χ2n) is 3.47. The van der Waals surface area contributed by atoms with Gasteiger partial charge in [-0.25, -0.2) is 4.98 Å². The molecule has 4 heteroatoms. The molecule has 0 amide bonds. The van der Waals surface area contributed by atoms with Crippen molar-refractivity contribution in [3.05, 3.63) is 24.3 Å². The summed E-state index contributed by atoms with van der Waals surface area (Å²) in [7, 11) is 1.73. The molecule has 0 aliphatic carbocycles. The Bertz CT molecular complexity index is 467. The second kappa shape index (κ2) is 5.37. The van der Waals surface area contributed by atoms with Crippen LogP contribution in [0, 0.1) is 0 Å². The highest BCUT2D eigenvalue weighted by Crippen LogP contribution is 2.23. The lowest BCUT2D eigenvalue weighted by atomic mass is 10.3. The number of nitrogens with zero attached hydrogens (tertiary/aromatic N) is 2. The van der Waals surface area contributed by atoms with Crippen molar-refractivity contribution in [3.63, 3.8) is 0 Å². The molecule has 86 valence electrons. The molecule has 3 nitrogen and oxygen atoms in total. The van der Waals surface area contributed by atoms with Gasteiger partial charge in [-0.05, 0) is 19.1 Å². The first-order valence-corrected chi connectivity index (χ1v) is 6.42. The van der Waals surface area contributed by atoms with Crippen LogP contribution in [0.25, 0.3) is 11.0 Å². The van der Waals surface area contributed by atoms with Crippen LogP contribution in [-0.4, -0.2) is 29.0 Å². The van der Waals surface area contributed by atoms with E-state index in [4.69, 9.17) is 4.74 Å². The summed E-state index contributed by atoms with van der Waals surface area (Å²) < 4.78 is 7.30. The maximum absolute atomic E-state index is 5.05. The molecule has 1 aromatic carbocycles. The smallest absolute Gasteiger partial charge is 0.169 e. The van der Waals surface area contributed by atoms with Crippen LogP contribution in [-0.2, 0) is 11.3 Å². The van der Waals surface area contributed by atoms with Gasteiger partial charge in [-0.1, -0.05) is 23.9 Å². The molecule has 0 N–H and O–H groups in total. The summed E-state index contributed by atoms with van der Waals surface area (Å²) in [5, 5.41) is 1.08. The Labute approximate surface area is 99.8 Å². The lowest BCUT2D eigenvalue weighted by molar-refractivity contribution is 0.218. The Balaban J connectivity index is 2.29. The monoisotopic (exact) mass is 236 g/mol. The highest BCUT2D eigenvalue weighted by Gasteiger charge is 2.08. The molecule has 0 atom stereocenters. The number of ether oxygens (including phenoxy) is 1. The number of para-hydroxylation sites is 2. The van der Waals surface area contributed by atoms with Gasteiger partial charge in [0.1, 0.15) is 0 Å². The van der Waals surface area contributed by atoms with E-state index in [0.717, 1.165) is 29.6 Å². The van der Waals surface area contributed by atoms with E-state index >= 15 is 0 Å². The molecule has 0 aliphatic heterocycles. The molecule has 0 saturated carbocycles. The molecule has 1 aromatic heterocycles. The van der Waals surface area contributed by atoms with Crippen LogP contribution in [0.3, 0.4) is 0 Å². The molecule has 1 heterocycles. The van der Waals surface area contributed by atoms with E-state index in [1.807, 2.05) is 6.07 Å². The summed E-state index contributed by atoms with van der Waals surface area (Å²) in [6.45, 7) is 3.86. The third-order valence-electron chi connectivity index (χ3n) is 2.45. The van der Waals surface area contributed by atoms with Crippen molar-refractivity contribution >= 4 is 22.8 Å². The van der Waals surface area contributed by atoms with Crippen molar-refractivity contribution < 1.29 is 4.74 Å². The topological polar surface area (TPSA) is 27.1 Å². The van der Waals surface area contributed by atoms with Crippen LogP contribution < -0.4 is 0 Å². The number of aromatic nitrogens is 2. The molecule has 2 aromatic rings. The van der Waals surface area contributed by atoms with Crippen LogP contribution in [0.2, 0.25) is 0 Å². The van der Waals surface area contributed by atoms with Crippen molar-refractivity contribution in [2.45, 2.75) is 18.6 Å². The van der Waals surface area contributed by atoms with E-state index in [9.17, 15) is 0 Å². The lowest BCUT2D eigenvalue weighted by Gasteiger charge is -2.04. The van der Waals surface area contributed by atoms with Gasteiger partial charge < -0.3 is 9.30 Å². The van der Waals surface area contributed by atoms with E-state index in [0.29, 0.717) is 0 Å². The van der Waals surface area contributed by atoms with Crippen LogP contribution in [0.5, 0.6) is 0 Å². The summed E-state index contributed by atoms with van der Waals surface area (Å²) in [4.78, 5) is 4.63. The van der Waals surface area contributed by atoms with Crippen molar-refractivity contribution in [1.29, 1.82) is 0 Å². The van der Waals surface area contributed by atoms with Crippen LogP contribution >= 0.6 is 11.8 Å². The molecular formula is C12H16N2OS. The van der Waals surface area contributed by atoms with Gasteiger partial charge in [-0.3, -0.25) is 0 Å². The zero-order valence-corrected chi connectivity index (χ0v) is 10.5. The Hall–Kier alpha value is -1.00. The van der Waals surface area contributed by atoms with Gasteiger partial charge in [-0.2, -0.15) is 0 Å². The number of hydrogen-bond acceptors (Lipinski definition) is 3. The third-order valence-corrected chi connectivity index (χ3v) is 3.40. The Morgan fingerprint density at radius 2 is 2.19 bits per heavy atom. The van der Waals surface area contributed by atoms with Gasteiger partial charge in [0, 0.05) is 19.4 Å². The number of benzene rings is 1. The van der Waals surface area contributed by atoms with Crippen LogP contribution in [0.4, 0.5) is 0 Å². The van der Waals surface area contributed by atoms with Crippen LogP contribution in [0.1, 0.15) is 6.92 Å². The van der Waals surface area contributed by atoms with E-state index in [1.165, 1.54) is 5.52 Å². The fraction of sp³-hybridized carbons (Fsp3) is 0.417. The average molecular weight is 236 g/mol. The summed E-state index contributed by atoms with van der Waals surface area (Å²) in [5.41, 5.74) is 2.29. The fourth-order valence-corrected chi connectivity index (χ4v) is 2.66. The average Bonchev–Trinajstić information content (AvgIpc) is 2.67.